The number of aromatic nitrogens is 1. The number of amides is 1. The maximum Gasteiger partial charge on any atom is 0.326 e. The first-order chi connectivity index (χ1) is 14.5. The van der Waals surface area contributed by atoms with E-state index >= 15 is 0 Å². The van der Waals surface area contributed by atoms with Crippen molar-refractivity contribution in [2.45, 2.75) is 45.2 Å². The molecule has 1 unspecified atom stereocenters. The molecule has 2 N–H and O–H groups in total. The lowest BCUT2D eigenvalue weighted by Crippen LogP contribution is -2.41. The summed E-state index contributed by atoms with van der Waals surface area (Å²) in [6.07, 6.45) is 2.17. The molecule has 1 saturated heterocycles. The summed E-state index contributed by atoms with van der Waals surface area (Å²) in [5.74, 6) is -1.30. The molecule has 2 aromatic rings. The van der Waals surface area contributed by atoms with Gasteiger partial charge in [-0.3, -0.25) is 9.69 Å². The molecule has 8 heteroatoms. The zero-order valence-electron chi connectivity index (χ0n) is 17.3. The Hall–Kier alpha value is -2.29. The van der Waals surface area contributed by atoms with Crippen LogP contribution < -0.4 is 5.32 Å². The monoisotopic (exact) mass is 431 g/mol. The predicted molar refractivity (Wildman–Crippen MR) is 116 cm³/mol. The molecule has 7 nitrogen and oxygen atoms in total. The van der Waals surface area contributed by atoms with Gasteiger partial charge in [-0.25, -0.2) is 9.78 Å². The van der Waals surface area contributed by atoms with Crippen molar-refractivity contribution in [2.75, 3.05) is 26.3 Å². The van der Waals surface area contributed by atoms with Crippen LogP contribution in [0.25, 0.3) is 10.6 Å². The third-order valence-corrected chi connectivity index (χ3v) is 6.00. The third kappa shape index (κ3) is 6.62. The second-order valence-electron chi connectivity index (χ2n) is 7.51. The summed E-state index contributed by atoms with van der Waals surface area (Å²) in [7, 11) is 0. The summed E-state index contributed by atoms with van der Waals surface area (Å²) in [4.78, 5) is 30.6. The average molecular weight is 432 g/mol. The highest BCUT2D eigenvalue weighted by molar-refractivity contribution is 7.13. The lowest BCUT2D eigenvalue weighted by Gasteiger charge is -2.26. The highest BCUT2D eigenvalue weighted by atomic mass is 32.1. The first-order valence-corrected chi connectivity index (χ1v) is 11.3. The van der Waals surface area contributed by atoms with Crippen LogP contribution in [0.15, 0.2) is 29.6 Å². The molecule has 0 bridgehead atoms. The molecule has 30 heavy (non-hydrogen) atoms. The van der Waals surface area contributed by atoms with E-state index in [4.69, 9.17) is 4.74 Å². The number of carbonyl (C=O) groups is 2. The van der Waals surface area contributed by atoms with E-state index in [9.17, 15) is 14.7 Å². The Balaban J connectivity index is 1.59. The molecule has 1 aliphatic heterocycles. The minimum atomic E-state index is -0.993. The summed E-state index contributed by atoms with van der Waals surface area (Å²) in [5, 5.41) is 14.6. The summed E-state index contributed by atoms with van der Waals surface area (Å²) in [5.41, 5.74) is 2.92. The van der Waals surface area contributed by atoms with Gasteiger partial charge in [0.1, 0.15) is 11.0 Å². The number of carboxylic acids is 1. The van der Waals surface area contributed by atoms with Crippen LogP contribution in [0.5, 0.6) is 0 Å². The second-order valence-corrected chi connectivity index (χ2v) is 8.37. The Bertz CT molecular complexity index is 848. The topological polar surface area (TPSA) is 91.8 Å². The number of unbranched alkanes of at least 4 members (excludes halogenated alkanes) is 1. The number of aliphatic carboxylic acids is 1. The van der Waals surface area contributed by atoms with E-state index in [1.165, 1.54) is 16.9 Å². The largest absolute Gasteiger partial charge is 0.480 e. The number of rotatable bonds is 10. The Kier molecular flexibility index (Phi) is 8.36. The molecule has 0 aliphatic carbocycles. The minimum Gasteiger partial charge on any atom is -0.480 e. The lowest BCUT2D eigenvalue weighted by molar-refractivity contribution is -0.142. The van der Waals surface area contributed by atoms with Crippen molar-refractivity contribution in [3.8, 4) is 10.6 Å². The summed E-state index contributed by atoms with van der Waals surface area (Å²) >= 11 is 1.50. The van der Waals surface area contributed by atoms with Crippen molar-refractivity contribution >= 4 is 23.2 Å². The first kappa shape index (κ1) is 22.4. The first-order valence-electron chi connectivity index (χ1n) is 10.4. The van der Waals surface area contributed by atoms with E-state index in [1.807, 2.05) is 24.4 Å². The fourth-order valence-corrected chi connectivity index (χ4v) is 4.23. The molecule has 1 aromatic heterocycles. The predicted octanol–water partition coefficient (Wildman–Crippen LogP) is 2.94. The molecule has 1 aliphatic rings. The molecule has 0 spiro atoms. The lowest BCUT2D eigenvalue weighted by atomic mass is 10.1. The van der Waals surface area contributed by atoms with Crippen LogP contribution in [0.1, 0.15) is 37.4 Å². The molecule has 0 radical (unpaired) electrons. The van der Waals surface area contributed by atoms with Crippen LogP contribution in [0.2, 0.25) is 0 Å². The van der Waals surface area contributed by atoms with Gasteiger partial charge in [-0.2, -0.15) is 0 Å². The quantitative estimate of drug-likeness (QED) is 0.601. The van der Waals surface area contributed by atoms with Crippen LogP contribution in [0.4, 0.5) is 0 Å². The number of hydrogen-bond donors (Lipinski definition) is 2. The number of ether oxygens (including phenoxy) is 1. The van der Waals surface area contributed by atoms with Crippen molar-refractivity contribution in [3.05, 3.63) is 40.9 Å². The molecule has 1 aromatic carbocycles. The van der Waals surface area contributed by atoms with Gasteiger partial charge in [0.2, 0.25) is 5.91 Å². The molecular formula is C22H29N3O4S. The standard InChI is InChI=1S/C22H29N3O4S/c1-2-3-7-19(22(27)28)24-20(26)13-18-15-30-21(23-18)17-6-4-5-16(12-17)14-25-8-10-29-11-9-25/h4-6,12,15,19H,2-3,7-11,13-14H2,1H3,(H,24,26)(H,27,28). The third-order valence-electron chi connectivity index (χ3n) is 5.06. The molecular weight excluding hydrogens is 402 g/mol. The van der Waals surface area contributed by atoms with Crippen LogP contribution >= 0.6 is 11.3 Å². The van der Waals surface area contributed by atoms with Gasteiger partial charge in [0, 0.05) is 30.6 Å². The van der Waals surface area contributed by atoms with E-state index in [0.29, 0.717) is 12.1 Å². The van der Waals surface area contributed by atoms with Crippen LogP contribution in [0.3, 0.4) is 0 Å². The summed E-state index contributed by atoms with van der Waals surface area (Å²) < 4.78 is 5.41. The Labute approximate surface area is 181 Å². The van der Waals surface area contributed by atoms with Crippen LogP contribution in [0, 0.1) is 0 Å². The number of morpholine rings is 1. The highest BCUT2D eigenvalue weighted by Crippen LogP contribution is 2.25. The van der Waals surface area contributed by atoms with E-state index in [2.05, 4.69) is 27.3 Å². The van der Waals surface area contributed by atoms with Crippen molar-refractivity contribution in [2.24, 2.45) is 0 Å². The maximum absolute atomic E-state index is 12.3. The molecule has 2 heterocycles. The zero-order valence-corrected chi connectivity index (χ0v) is 18.1. The van der Waals surface area contributed by atoms with Gasteiger partial charge in [0.25, 0.3) is 0 Å². The summed E-state index contributed by atoms with van der Waals surface area (Å²) in [6.45, 7) is 6.31. The maximum atomic E-state index is 12.3. The van der Waals surface area contributed by atoms with E-state index < -0.39 is 12.0 Å². The molecule has 0 saturated carbocycles. The molecule has 1 amide bonds. The summed E-state index contributed by atoms with van der Waals surface area (Å²) in [6, 6.07) is 7.47. The number of benzene rings is 1. The van der Waals surface area contributed by atoms with Gasteiger partial charge in [-0.15, -0.1) is 11.3 Å². The van der Waals surface area contributed by atoms with Crippen molar-refractivity contribution in [1.82, 2.24) is 15.2 Å². The normalized spacial score (nSPS) is 15.6. The number of carbonyl (C=O) groups excluding carboxylic acids is 1. The van der Waals surface area contributed by atoms with E-state index in [-0.39, 0.29) is 12.3 Å². The van der Waals surface area contributed by atoms with Crippen LogP contribution in [-0.4, -0.2) is 59.2 Å². The van der Waals surface area contributed by atoms with Gasteiger partial charge in [0.15, 0.2) is 0 Å². The minimum absolute atomic E-state index is 0.0832. The van der Waals surface area contributed by atoms with Crippen molar-refractivity contribution in [3.63, 3.8) is 0 Å². The smallest absolute Gasteiger partial charge is 0.326 e. The van der Waals surface area contributed by atoms with Crippen molar-refractivity contribution in [1.29, 1.82) is 0 Å². The Morgan fingerprint density at radius 1 is 1.33 bits per heavy atom. The number of nitrogens with zero attached hydrogens (tertiary/aromatic N) is 2. The fraction of sp³-hybridized carbons (Fsp3) is 0.500. The number of carboxylic acid groups (broad SMARTS) is 1. The number of thiazole rings is 1. The van der Waals surface area contributed by atoms with Crippen LogP contribution in [-0.2, 0) is 27.3 Å². The Morgan fingerprint density at radius 3 is 2.87 bits per heavy atom. The molecule has 1 fully saturated rings. The SMILES string of the molecule is CCCCC(NC(=O)Cc1csc(-c2cccc(CN3CCOCC3)c2)n1)C(=O)O. The van der Waals surface area contributed by atoms with Crippen molar-refractivity contribution < 1.29 is 19.4 Å². The van der Waals surface area contributed by atoms with E-state index in [1.54, 1.807) is 0 Å². The van der Waals surface area contributed by atoms with E-state index in [0.717, 1.165) is 56.3 Å². The van der Waals surface area contributed by atoms with Gasteiger partial charge in [-0.05, 0) is 18.1 Å². The zero-order chi connectivity index (χ0) is 21.3. The van der Waals surface area contributed by atoms with Gasteiger partial charge < -0.3 is 15.2 Å². The molecule has 3 rings (SSSR count). The number of hydrogen-bond acceptors (Lipinski definition) is 6. The van der Waals surface area contributed by atoms with Gasteiger partial charge >= 0.3 is 5.97 Å². The molecule has 162 valence electrons. The fourth-order valence-electron chi connectivity index (χ4n) is 3.42. The van der Waals surface area contributed by atoms with Gasteiger partial charge in [0.05, 0.1) is 25.3 Å². The van der Waals surface area contributed by atoms with Gasteiger partial charge in [-0.1, -0.05) is 38.0 Å². The number of nitrogens with one attached hydrogen (secondary N) is 1. The Morgan fingerprint density at radius 2 is 2.13 bits per heavy atom. The average Bonchev–Trinajstić information content (AvgIpc) is 3.20. The molecule has 1 atom stereocenters. The highest BCUT2D eigenvalue weighted by Gasteiger charge is 2.20. The second kappa shape index (κ2) is 11.2.